The molecule has 1 heterocycles. The number of hydrogen-bond donors (Lipinski definition) is 2. The molecule has 142 valence electrons. The molecule has 0 radical (unpaired) electrons. The number of carbonyl (C=O) groups excluding carboxylic acids is 1. The van der Waals surface area contributed by atoms with Crippen LogP contribution < -0.4 is 5.32 Å². The van der Waals surface area contributed by atoms with Crippen LogP contribution >= 0.6 is 11.6 Å². The topological polar surface area (TPSA) is 122 Å². The first kappa shape index (κ1) is 19.8. The molecule has 2 N–H and O–H groups in total. The maximum Gasteiger partial charge on any atom is 0.407 e. The lowest BCUT2D eigenvalue weighted by molar-refractivity contribution is -0.384. The van der Waals surface area contributed by atoms with Gasteiger partial charge in [-0.1, -0.05) is 11.6 Å². The van der Waals surface area contributed by atoms with Crippen molar-refractivity contribution >= 4 is 35.0 Å². The Morgan fingerprint density at radius 1 is 1.42 bits per heavy atom. The first-order valence-electron chi connectivity index (χ1n) is 8.05. The Hall–Kier alpha value is -2.55. The predicted octanol–water partition coefficient (Wildman–Crippen LogP) is 3.23. The second kappa shape index (κ2) is 8.22. The van der Waals surface area contributed by atoms with Gasteiger partial charge >= 0.3 is 12.1 Å². The highest BCUT2D eigenvalue weighted by molar-refractivity contribution is 6.35. The Balaban J connectivity index is 2.20. The molecular formula is C16H20ClN3O6. The third kappa shape index (κ3) is 4.34. The fourth-order valence-corrected chi connectivity index (χ4v) is 3.27. The quantitative estimate of drug-likeness (QED) is 0.453. The average Bonchev–Trinajstić information content (AvgIpc) is 2.62. The smallest absolute Gasteiger partial charge is 0.407 e. The van der Waals surface area contributed by atoms with Crippen LogP contribution in [0.4, 0.5) is 16.2 Å². The number of methoxy groups -OCH3 is 1. The van der Waals surface area contributed by atoms with Crippen molar-refractivity contribution in [1.82, 2.24) is 4.90 Å². The van der Waals surface area contributed by atoms with Crippen LogP contribution in [-0.2, 0) is 4.74 Å². The van der Waals surface area contributed by atoms with E-state index in [0.29, 0.717) is 25.9 Å². The van der Waals surface area contributed by atoms with Crippen molar-refractivity contribution in [2.24, 2.45) is 5.92 Å². The molecule has 1 saturated heterocycles. The van der Waals surface area contributed by atoms with Crippen molar-refractivity contribution in [2.75, 3.05) is 25.5 Å². The standard InChI is InChI=1S/C16H20ClN3O6/c1-9(10-3-5-19(6-4-10)16(22)23)18-12-7-11(15(21)26-2)8-13(14(12)17)20(24)25/h7-10,18H,3-6H2,1-2H3,(H,22,23). The number of nitro groups is 1. The van der Waals surface area contributed by atoms with Crippen LogP contribution in [0.1, 0.15) is 30.1 Å². The Labute approximate surface area is 155 Å². The van der Waals surface area contributed by atoms with Crippen LogP contribution in [0.5, 0.6) is 0 Å². The second-order valence-electron chi connectivity index (χ2n) is 6.15. The van der Waals surface area contributed by atoms with E-state index in [9.17, 15) is 19.7 Å². The van der Waals surface area contributed by atoms with E-state index in [-0.39, 0.29) is 33.9 Å². The number of halogens is 1. The minimum atomic E-state index is -0.937. The number of rotatable bonds is 5. The summed E-state index contributed by atoms with van der Waals surface area (Å²) >= 11 is 6.13. The molecule has 1 aliphatic rings. The van der Waals surface area contributed by atoms with E-state index in [2.05, 4.69) is 10.1 Å². The zero-order chi connectivity index (χ0) is 19.4. The Kier molecular flexibility index (Phi) is 6.25. The number of hydrogen-bond acceptors (Lipinski definition) is 6. The fourth-order valence-electron chi connectivity index (χ4n) is 3.04. The lowest BCUT2D eigenvalue weighted by Gasteiger charge is -2.34. The summed E-state index contributed by atoms with van der Waals surface area (Å²) in [7, 11) is 1.19. The van der Waals surface area contributed by atoms with E-state index < -0.39 is 17.0 Å². The second-order valence-corrected chi connectivity index (χ2v) is 6.52. The van der Waals surface area contributed by atoms with E-state index in [0.717, 1.165) is 6.07 Å². The van der Waals surface area contributed by atoms with Crippen molar-refractivity contribution in [3.8, 4) is 0 Å². The van der Waals surface area contributed by atoms with Crippen LogP contribution in [0, 0.1) is 16.0 Å². The van der Waals surface area contributed by atoms with E-state index in [1.165, 1.54) is 18.1 Å². The number of carbonyl (C=O) groups is 2. The van der Waals surface area contributed by atoms with E-state index in [4.69, 9.17) is 16.7 Å². The number of nitrogens with zero attached hydrogens (tertiary/aromatic N) is 2. The number of carboxylic acid groups (broad SMARTS) is 1. The fraction of sp³-hybridized carbons (Fsp3) is 0.500. The van der Waals surface area contributed by atoms with Gasteiger partial charge in [-0.2, -0.15) is 0 Å². The number of nitro benzene ring substituents is 1. The number of benzene rings is 1. The van der Waals surface area contributed by atoms with Gasteiger partial charge in [0.05, 0.1) is 23.3 Å². The van der Waals surface area contributed by atoms with Crippen LogP contribution in [0.25, 0.3) is 0 Å². The molecular weight excluding hydrogens is 366 g/mol. The summed E-state index contributed by atoms with van der Waals surface area (Å²) in [5, 5.41) is 23.3. The van der Waals surface area contributed by atoms with Gasteiger partial charge in [-0.05, 0) is 31.7 Å². The lowest BCUT2D eigenvalue weighted by atomic mass is 9.90. The number of amides is 1. The van der Waals surface area contributed by atoms with Gasteiger partial charge in [0.15, 0.2) is 0 Å². The normalized spacial score (nSPS) is 16.0. The summed E-state index contributed by atoms with van der Waals surface area (Å²) in [5.41, 5.74) is -0.0848. The van der Waals surface area contributed by atoms with Crippen LogP contribution in [0.15, 0.2) is 12.1 Å². The minimum absolute atomic E-state index is 0.0268. The maximum absolute atomic E-state index is 11.8. The number of esters is 1. The molecule has 0 aromatic heterocycles. The van der Waals surface area contributed by atoms with E-state index in [1.807, 2.05) is 6.92 Å². The zero-order valence-electron chi connectivity index (χ0n) is 14.4. The first-order valence-corrected chi connectivity index (χ1v) is 8.43. The first-order chi connectivity index (χ1) is 12.2. The van der Waals surface area contributed by atoms with Gasteiger partial charge < -0.3 is 20.1 Å². The number of anilines is 1. The Morgan fingerprint density at radius 3 is 2.54 bits per heavy atom. The van der Waals surface area contributed by atoms with Crippen molar-refractivity contribution in [3.63, 3.8) is 0 Å². The van der Waals surface area contributed by atoms with Crippen LogP contribution in [0.3, 0.4) is 0 Å². The van der Waals surface area contributed by atoms with Crippen molar-refractivity contribution in [2.45, 2.75) is 25.8 Å². The van der Waals surface area contributed by atoms with Gasteiger partial charge in [-0.3, -0.25) is 10.1 Å². The van der Waals surface area contributed by atoms with E-state index >= 15 is 0 Å². The maximum atomic E-state index is 11.8. The van der Waals surface area contributed by atoms with Crippen molar-refractivity contribution in [3.05, 3.63) is 32.8 Å². The summed E-state index contributed by atoms with van der Waals surface area (Å²) in [5.74, 6) is -0.530. The largest absolute Gasteiger partial charge is 0.465 e. The summed E-state index contributed by atoms with van der Waals surface area (Å²) in [6.45, 7) is 2.76. The zero-order valence-corrected chi connectivity index (χ0v) is 15.2. The van der Waals surface area contributed by atoms with Crippen molar-refractivity contribution in [1.29, 1.82) is 0 Å². The minimum Gasteiger partial charge on any atom is -0.465 e. The molecule has 10 heteroatoms. The summed E-state index contributed by atoms with van der Waals surface area (Å²) < 4.78 is 4.63. The van der Waals surface area contributed by atoms with Gasteiger partial charge in [-0.25, -0.2) is 9.59 Å². The number of nitrogens with one attached hydrogen (secondary N) is 1. The van der Waals surface area contributed by atoms with Gasteiger partial charge in [0, 0.05) is 25.2 Å². The average molecular weight is 386 g/mol. The molecule has 1 unspecified atom stereocenters. The summed E-state index contributed by atoms with van der Waals surface area (Å²) in [6.07, 6.45) is 0.391. The molecule has 1 atom stereocenters. The molecule has 0 spiro atoms. The number of piperidine rings is 1. The van der Waals surface area contributed by atoms with Gasteiger partial charge in [0.1, 0.15) is 5.02 Å². The third-order valence-electron chi connectivity index (χ3n) is 4.57. The molecule has 0 bridgehead atoms. The highest BCUT2D eigenvalue weighted by atomic mass is 35.5. The predicted molar refractivity (Wildman–Crippen MR) is 94.9 cm³/mol. The monoisotopic (exact) mass is 385 g/mol. The third-order valence-corrected chi connectivity index (χ3v) is 4.97. The molecule has 1 aliphatic heterocycles. The molecule has 9 nitrogen and oxygen atoms in total. The molecule has 26 heavy (non-hydrogen) atoms. The van der Waals surface area contributed by atoms with Gasteiger partial charge in [0.25, 0.3) is 5.69 Å². The molecule has 1 fully saturated rings. The molecule has 1 aromatic rings. The van der Waals surface area contributed by atoms with Gasteiger partial charge in [-0.15, -0.1) is 0 Å². The SMILES string of the molecule is COC(=O)c1cc(NC(C)C2CCN(C(=O)O)CC2)c(Cl)c([N+](=O)[O-])c1. The van der Waals surface area contributed by atoms with Crippen LogP contribution in [0.2, 0.25) is 5.02 Å². The van der Waals surface area contributed by atoms with Crippen molar-refractivity contribution < 1.29 is 24.4 Å². The molecule has 1 amide bonds. The number of likely N-dealkylation sites (tertiary alicyclic amines) is 1. The van der Waals surface area contributed by atoms with Crippen LogP contribution in [-0.4, -0.2) is 53.2 Å². The Morgan fingerprint density at radius 2 is 2.04 bits per heavy atom. The lowest BCUT2D eigenvalue weighted by Crippen LogP contribution is -2.41. The Bertz CT molecular complexity index is 718. The molecule has 0 saturated carbocycles. The summed E-state index contributed by atoms with van der Waals surface area (Å²) in [6, 6.07) is 2.38. The molecule has 1 aromatic carbocycles. The number of ether oxygens (including phenoxy) is 1. The van der Waals surface area contributed by atoms with Gasteiger partial charge in [0.2, 0.25) is 0 Å². The molecule has 0 aliphatic carbocycles. The summed E-state index contributed by atoms with van der Waals surface area (Å²) in [4.78, 5) is 34.7. The van der Waals surface area contributed by atoms with E-state index in [1.54, 1.807) is 0 Å². The highest BCUT2D eigenvalue weighted by Crippen LogP contribution is 2.35. The highest BCUT2D eigenvalue weighted by Gasteiger charge is 2.28. The molecule has 2 rings (SSSR count).